The number of rotatable bonds is 8. The fourth-order valence-electron chi connectivity index (χ4n) is 3.36. The number of fused-ring (bicyclic) bond motifs is 1. The molecule has 0 saturated heterocycles. The number of carbonyl (C=O) groups is 1. The monoisotopic (exact) mass is 384 g/mol. The van der Waals surface area contributed by atoms with Gasteiger partial charge in [-0.05, 0) is 36.6 Å². The Labute approximate surface area is 164 Å². The second-order valence-electron chi connectivity index (χ2n) is 7.19. The molecule has 2 N–H and O–H groups in total. The van der Waals surface area contributed by atoms with Crippen molar-refractivity contribution in [2.24, 2.45) is 5.92 Å². The van der Waals surface area contributed by atoms with Gasteiger partial charge in [0.05, 0.1) is 0 Å². The zero-order valence-corrected chi connectivity index (χ0v) is 16.5. The average molecular weight is 385 g/mol. The number of carboxylic acids is 1. The van der Waals surface area contributed by atoms with Gasteiger partial charge in [-0.15, -0.1) is 0 Å². The van der Waals surface area contributed by atoms with E-state index in [1.807, 2.05) is 53.1 Å². The zero-order valence-electron chi connectivity index (χ0n) is 15.7. The van der Waals surface area contributed by atoms with Crippen LogP contribution in [0.25, 0.3) is 10.9 Å². The Morgan fingerprint density at radius 2 is 1.85 bits per heavy atom. The molecule has 3 aromatic rings. The second-order valence-corrected chi connectivity index (χ2v) is 7.59. The summed E-state index contributed by atoms with van der Waals surface area (Å²) in [7, 11) is 0. The van der Waals surface area contributed by atoms with Crippen LogP contribution in [0.2, 0.25) is 5.02 Å². The Bertz CT molecular complexity index is 947. The molecule has 5 heteroatoms. The van der Waals surface area contributed by atoms with E-state index in [2.05, 4.69) is 19.2 Å². The maximum Gasteiger partial charge on any atom is 0.352 e. The fraction of sp³-hybridized carbons (Fsp3) is 0.318. The molecule has 0 aliphatic heterocycles. The van der Waals surface area contributed by atoms with Gasteiger partial charge in [0.2, 0.25) is 0 Å². The molecule has 0 unspecified atom stereocenters. The van der Waals surface area contributed by atoms with Gasteiger partial charge in [-0.1, -0.05) is 61.8 Å². The lowest BCUT2D eigenvalue weighted by Crippen LogP contribution is -2.19. The molecule has 0 aliphatic rings. The normalized spacial score (nSPS) is 11.4. The Morgan fingerprint density at radius 3 is 2.56 bits per heavy atom. The molecule has 0 spiro atoms. The van der Waals surface area contributed by atoms with Crippen LogP contribution in [-0.4, -0.2) is 22.2 Å². The predicted molar refractivity (Wildman–Crippen MR) is 111 cm³/mol. The van der Waals surface area contributed by atoms with E-state index in [9.17, 15) is 9.90 Å². The summed E-state index contributed by atoms with van der Waals surface area (Å²) in [4.78, 5) is 12.1. The van der Waals surface area contributed by atoms with Gasteiger partial charge in [-0.3, -0.25) is 0 Å². The molecule has 0 radical (unpaired) electrons. The smallest absolute Gasteiger partial charge is 0.352 e. The summed E-state index contributed by atoms with van der Waals surface area (Å²) in [6, 6.07) is 15.4. The molecule has 0 saturated carbocycles. The lowest BCUT2D eigenvalue weighted by molar-refractivity contribution is 0.0684. The maximum absolute atomic E-state index is 12.1. The van der Waals surface area contributed by atoms with Crippen LogP contribution in [0.3, 0.4) is 0 Å². The van der Waals surface area contributed by atoms with Gasteiger partial charge in [0.1, 0.15) is 5.69 Å². The number of aromatic carboxylic acids is 1. The van der Waals surface area contributed by atoms with E-state index in [1.165, 1.54) is 0 Å². The van der Waals surface area contributed by atoms with E-state index in [-0.39, 0.29) is 0 Å². The SMILES string of the molecule is CC(C)CCNCc1c(C(=O)O)n(Cc2ccccc2Cl)c2ccccc12. The minimum absolute atomic E-state index is 0.327. The largest absolute Gasteiger partial charge is 0.477 e. The fourth-order valence-corrected chi connectivity index (χ4v) is 3.56. The van der Waals surface area contributed by atoms with Crippen LogP contribution >= 0.6 is 11.6 Å². The average Bonchev–Trinajstić information content (AvgIpc) is 2.94. The highest BCUT2D eigenvalue weighted by atomic mass is 35.5. The van der Waals surface area contributed by atoms with E-state index in [1.54, 1.807) is 0 Å². The van der Waals surface area contributed by atoms with Gasteiger partial charge >= 0.3 is 5.97 Å². The molecular weight excluding hydrogens is 360 g/mol. The Morgan fingerprint density at radius 1 is 1.15 bits per heavy atom. The number of benzene rings is 2. The van der Waals surface area contributed by atoms with Crippen LogP contribution in [0, 0.1) is 5.92 Å². The first-order valence-corrected chi connectivity index (χ1v) is 9.64. The van der Waals surface area contributed by atoms with Crippen molar-refractivity contribution in [3.05, 3.63) is 70.4 Å². The standard InChI is InChI=1S/C22H25ClN2O2/c1-15(2)11-12-24-13-18-17-8-4-6-10-20(17)25(21(18)22(26)27)14-16-7-3-5-9-19(16)23/h3-10,15,24H,11-14H2,1-2H3,(H,26,27). The third-order valence-electron chi connectivity index (χ3n) is 4.76. The molecule has 0 fully saturated rings. The number of halogens is 1. The summed E-state index contributed by atoms with van der Waals surface area (Å²) in [6.07, 6.45) is 1.06. The summed E-state index contributed by atoms with van der Waals surface area (Å²) in [5.74, 6) is -0.308. The molecule has 3 rings (SSSR count). The van der Waals surface area contributed by atoms with E-state index in [0.717, 1.165) is 35.0 Å². The van der Waals surface area contributed by atoms with Crippen molar-refractivity contribution in [1.82, 2.24) is 9.88 Å². The molecule has 142 valence electrons. The number of para-hydroxylation sites is 1. The number of hydrogen-bond acceptors (Lipinski definition) is 2. The summed E-state index contributed by atoms with van der Waals surface area (Å²) in [6.45, 7) is 6.18. The third kappa shape index (κ3) is 4.34. The van der Waals surface area contributed by atoms with Gasteiger partial charge < -0.3 is 15.0 Å². The van der Waals surface area contributed by atoms with Gasteiger partial charge in [0.15, 0.2) is 0 Å². The van der Waals surface area contributed by atoms with Crippen molar-refractivity contribution in [3.8, 4) is 0 Å². The first-order chi connectivity index (χ1) is 13.0. The van der Waals surface area contributed by atoms with E-state index < -0.39 is 5.97 Å². The number of nitrogens with zero attached hydrogens (tertiary/aromatic N) is 1. The Hall–Kier alpha value is -2.30. The topological polar surface area (TPSA) is 54.3 Å². The first-order valence-electron chi connectivity index (χ1n) is 9.26. The van der Waals surface area contributed by atoms with Gasteiger partial charge in [0, 0.05) is 34.6 Å². The van der Waals surface area contributed by atoms with Crippen molar-refractivity contribution in [2.45, 2.75) is 33.4 Å². The molecule has 0 atom stereocenters. The number of nitrogens with one attached hydrogen (secondary N) is 1. The summed E-state index contributed by atoms with van der Waals surface area (Å²) in [5.41, 5.74) is 2.97. The van der Waals surface area contributed by atoms with Crippen molar-refractivity contribution in [2.75, 3.05) is 6.54 Å². The maximum atomic E-state index is 12.1. The lowest BCUT2D eigenvalue weighted by Gasteiger charge is -2.11. The van der Waals surface area contributed by atoms with Gasteiger partial charge in [0.25, 0.3) is 0 Å². The van der Waals surface area contributed by atoms with Crippen LogP contribution in [-0.2, 0) is 13.1 Å². The molecule has 1 heterocycles. The molecule has 0 amide bonds. The Balaban J connectivity index is 2.03. The highest BCUT2D eigenvalue weighted by Crippen LogP contribution is 2.29. The number of hydrogen-bond donors (Lipinski definition) is 2. The molecule has 27 heavy (non-hydrogen) atoms. The van der Waals surface area contributed by atoms with Crippen LogP contribution in [0.5, 0.6) is 0 Å². The summed E-state index contributed by atoms with van der Waals surface area (Å²) >= 11 is 6.32. The second kappa shape index (κ2) is 8.59. The van der Waals surface area contributed by atoms with Crippen LogP contribution in [0.15, 0.2) is 48.5 Å². The molecule has 2 aromatic carbocycles. The van der Waals surface area contributed by atoms with E-state index >= 15 is 0 Å². The first kappa shape index (κ1) is 19.5. The third-order valence-corrected chi connectivity index (χ3v) is 5.13. The lowest BCUT2D eigenvalue weighted by atomic mass is 10.1. The molecule has 1 aromatic heterocycles. The Kier molecular flexibility index (Phi) is 6.19. The van der Waals surface area contributed by atoms with Gasteiger partial charge in [-0.25, -0.2) is 4.79 Å². The quantitative estimate of drug-likeness (QED) is 0.526. The zero-order chi connectivity index (χ0) is 19.4. The predicted octanol–water partition coefficient (Wildman–Crippen LogP) is 5.18. The van der Waals surface area contributed by atoms with Gasteiger partial charge in [-0.2, -0.15) is 0 Å². The van der Waals surface area contributed by atoms with Crippen LogP contribution in [0.4, 0.5) is 0 Å². The van der Waals surface area contributed by atoms with Crippen molar-refractivity contribution >= 4 is 28.5 Å². The number of aromatic nitrogens is 1. The van der Waals surface area contributed by atoms with E-state index in [4.69, 9.17) is 11.6 Å². The highest BCUT2D eigenvalue weighted by Gasteiger charge is 2.22. The minimum atomic E-state index is -0.918. The van der Waals surface area contributed by atoms with E-state index in [0.29, 0.717) is 29.7 Å². The minimum Gasteiger partial charge on any atom is -0.477 e. The van der Waals surface area contributed by atoms with Crippen molar-refractivity contribution in [3.63, 3.8) is 0 Å². The van der Waals surface area contributed by atoms with Crippen LogP contribution in [0.1, 0.15) is 41.9 Å². The molecule has 0 aliphatic carbocycles. The van der Waals surface area contributed by atoms with Crippen molar-refractivity contribution < 1.29 is 9.90 Å². The molecule has 0 bridgehead atoms. The molecular formula is C22H25ClN2O2. The molecule has 4 nitrogen and oxygen atoms in total. The summed E-state index contributed by atoms with van der Waals surface area (Å²) < 4.78 is 1.86. The van der Waals surface area contributed by atoms with Crippen LogP contribution < -0.4 is 5.32 Å². The highest BCUT2D eigenvalue weighted by molar-refractivity contribution is 6.31. The number of carboxylic acid groups (broad SMARTS) is 1. The summed E-state index contributed by atoms with van der Waals surface area (Å²) in [5, 5.41) is 15.0. The van der Waals surface area contributed by atoms with Crippen molar-refractivity contribution in [1.29, 1.82) is 0 Å².